The number of rotatable bonds is 6. The lowest BCUT2D eigenvalue weighted by molar-refractivity contribution is -0.0500. The molecular formula is C11H9BrF4O2. The van der Waals surface area contributed by atoms with Crippen LogP contribution in [0.4, 0.5) is 17.6 Å². The monoisotopic (exact) mass is 328 g/mol. The Morgan fingerprint density at radius 2 is 1.89 bits per heavy atom. The summed E-state index contributed by atoms with van der Waals surface area (Å²) in [5.41, 5.74) is -0.589. The summed E-state index contributed by atoms with van der Waals surface area (Å²) >= 11 is 3.03. The number of halogens is 5. The van der Waals surface area contributed by atoms with Gasteiger partial charge in [-0.15, -0.1) is 0 Å². The minimum atomic E-state index is -3.13. The van der Waals surface area contributed by atoms with E-state index in [0.29, 0.717) is 5.33 Å². The predicted molar refractivity (Wildman–Crippen MR) is 60.8 cm³/mol. The highest BCUT2D eigenvalue weighted by Crippen LogP contribution is 2.27. The van der Waals surface area contributed by atoms with Crippen LogP contribution in [0.15, 0.2) is 18.2 Å². The van der Waals surface area contributed by atoms with Crippen LogP contribution in [0.3, 0.4) is 0 Å². The van der Waals surface area contributed by atoms with E-state index in [9.17, 15) is 22.4 Å². The van der Waals surface area contributed by atoms with E-state index < -0.39 is 30.1 Å². The Labute approximate surface area is 109 Å². The Morgan fingerprint density at radius 3 is 2.39 bits per heavy atom. The van der Waals surface area contributed by atoms with Crippen LogP contribution in [0.1, 0.15) is 28.8 Å². The van der Waals surface area contributed by atoms with Gasteiger partial charge >= 0.3 is 6.61 Å². The number of ether oxygens (including phenoxy) is 1. The molecule has 0 heterocycles. The van der Waals surface area contributed by atoms with Gasteiger partial charge in [0.05, 0.1) is 0 Å². The van der Waals surface area contributed by atoms with Gasteiger partial charge in [0, 0.05) is 22.9 Å². The van der Waals surface area contributed by atoms with Crippen LogP contribution in [0.25, 0.3) is 0 Å². The standard InChI is InChI=1S/C11H9BrF4O2/c12-2-1-9(17)6-3-7(10(13)14)5-8(4-6)18-11(15)16/h3-5,10-11H,1-2H2. The van der Waals surface area contributed by atoms with Gasteiger partial charge in [-0.25, -0.2) is 8.78 Å². The van der Waals surface area contributed by atoms with Crippen molar-refractivity contribution in [1.29, 1.82) is 0 Å². The van der Waals surface area contributed by atoms with Crippen molar-refractivity contribution in [1.82, 2.24) is 0 Å². The van der Waals surface area contributed by atoms with Crippen molar-refractivity contribution in [2.75, 3.05) is 5.33 Å². The first kappa shape index (κ1) is 14.9. The molecule has 0 saturated heterocycles. The van der Waals surface area contributed by atoms with Gasteiger partial charge < -0.3 is 4.74 Å². The van der Waals surface area contributed by atoms with Gasteiger partial charge in [-0.05, 0) is 18.2 Å². The van der Waals surface area contributed by atoms with Gasteiger partial charge in [0.2, 0.25) is 0 Å². The molecule has 1 aromatic carbocycles. The van der Waals surface area contributed by atoms with Crippen molar-refractivity contribution in [3.63, 3.8) is 0 Å². The van der Waals surface area contributed by atoms with Gasteiger partial charge in [-0.3, -0.25) is 4.79 Å². The van der Waals surface area contributed by atoms with Crippen molar-refractivity contribution in [2.24, 2.45) is 0 Å². The van der Waals surface area contributed by atoms with Crippen LogP contribution in [-0.4, -0.2) is 17.7 Å². The molecule has 7 heteroatoms. The lowest BCUT2D eigenvalue weighted by Crippen LogP contribution is -2.06. The predicted octanol–water partition coefficient (Wildman–Crippen LogP) is 4.19. The molecule has 0 aliphatic rings. The summed E-state index contributed by atoms with van der Waals surface area (Å²) < 4.78 is 53.2. The Balaban J connectivity index is 3.09. The maximum absolute atomic E-state index is 12.6. The van der Waals surface area contributed by atoms with E-state index in [0.717, 1.165) is 18.2 Å². The number of Topliss-reactive ketones (excluding diaryl/α,β-unsaturated/α-hetero) is 1. The maximum Gasteiger partial charge on any atom is 0.387 e. The van der Waals surface area contributed by atoms with E-state index in [1.165, 1.54) is 0 Å². The molecule has 0 unspecified atom stereocenters. The number of carbonyl (C=O) groups is 1. The van der Waals surface area contributed by atoms with Gasteiger partial charge in [-0.1, -0.05) is 15.9 Å². The van der Waals surface area contributed by atoms with E-state index in [-0.39, 0.29) is 12.0 Å². The largest absolute Gasteiger partial charge is 0.435 e. The minimum Gasteiger partial charge on any atom is -0.435 e. The third-order valence-electron chi connectivity index (χ3n) is 2.05. The second-order valence-corrected chi connectivity index (χ2v) is 4.13. The van der Waals surface area contributed by atoms with Gasteiger partial charge in [0.1, 0.15) is 5.75 Å². The zero-order valence-corrected chi connectivity index (χ0v) is 10.6. The summed E-state index contributed by atoms with van der Waals surface area (Å²) in [5, 5.41) is 0.357. The van der Waals surface area contributed by atoms with Crippen molar-refractivity contribution in [3.8, 4) is 5.75 Å². The molecule has 0 atom stereocenters. The van der Waals surface area contributed by atoms with E-state index in [1.54, 1.807) is 0 Å². The fraction of sp³-hybridized carbons (Fsp3) is 0.364. The van der Waals surface area contributed by atoms with Crippen molar-refractivity contribution >= 4 is 21.7 Å². The molecule has 0 aromatic heterocycles. The van der Waals surface area contributed by atoms with E-state index in [2.05, 4.69) is 20.7 Å². The number of hydrogen-bond donors (Lipinski definition) is 0. The molecule has 2 nitrogen and oxygen atoms in total. The number of ketones is 1. The average molecular weight is 329 g/mol. The van der Waals surface area contributed by atoms with Gasteiger partial charge in [0.25, 0.3) is 6.43 Å². The molecule has 100 valence electrons. The molecule has 0 spiro atoms. The second kappa shape index (κ2) is 6.72. The minimum absolute atomic E-state index is 0.0668. The third kappa shape index (κ3) is 4.29. The highest BCUT2D eigenvalue weighted by atomic mass is 79.9. The molecule has 0 N–H and O–H groups in total. The number of alkyl halides is 5. The number of hydrogen-bond acceptors (Lipinski definition) is 2. The smallest absolute Gasteiger partial charge is 0.387 e. The second-order valence-electron chi connectivity index (χ2n) is 3.33. The summed E-state index contributed by atoms with van der Waals surface area (Å²) in [4.78, 5) is 11.5. The summed E-state index contributed by atoms with van der Waals surface area (Å²) in [6.45, 7) is -3.13. The number of carbonyl (C=O) groups excluding carboxylic acids is 1. The molecule has 0 radical (unpaired) electrons. The van der Waals surface area contributed by atoms with Crippen LogP contribution in [0.5, 0.6) is 5.75 Å². The summed E-state index contributed by atoms with van der Waals surface area (Å²) in [5.74, 6) is -0.866. The van der Waals surface area contributed by atoms with E-state index in [4.69, 9.17) is 0 Å². The lowest BCUT2D eigenvalue weighted by Gasteiger charge is -2.09. The maximum atomic E-state index is 12.6. The molecule has 0 aliphatic carbocycles. The fourth-order valence-corrected chi connectivity index (χ4v) is 1.67. The summed E-state index contributed by atoms with van der Waals surface area (Å²) in [6.07, 6.45) is -2.78. The highest BCUT2D eigenvalue weighted by molar-refractivity contribution is 9.09. The Bertz CT molecular complexity index is 424. The fourth-order valence-electron chi connectivity index (χ4n) is 1.31. The molecule has 0 saturated carbocycles. The molecule has 0 aliphatic heterocycles. The van der Waals surface area contributed by atoms with Crippen molar-refractivity contribution in [2.45, 2.75) is 19.5 Å². The Kier molecular flexibility index (Phi) is 5.58. The first-order valence-electron chi connectivity index (χ1n) is 4.91. The highest BCUT2D eigenvalue weighted by Gasteiger charge is 2.16. The first-order valence-corrected chi connectivity index (χ1v) is 6.03. The Hall–Kier alpha value is -1.11. The molecule has 0 fully saturated rings. The van der Waals surface area contributed by atoms with Crippen molar-refractivity contribution < 1.29 is 27.1 Å². The summed E-state index contributed by atoms with van der Waals surface area (Å²) in [6, 6.07) is 2.80. The molecule has 18 heavy (non-hydrogen) atoms. The molecular weight excluding hydrogens is 320 g/mol. The van der Waals surface area contributed by atoms with Crippen molar-refractivity contribution in [3.05, 3.63) is 29.3 Å². The summed E-state index contributed by atoms with van der Waals surface area (Å²) in [7, 11) is 0. The lowest BCUT2D eigenvalue weighted by atomic mass is 10.1. The van der Waals surface area contributed by atoms with Crippen LogP contribution in [0, 0.1) is 0 Å². The molecule has 0 bridgehead atoms. The van der Waals surface area contributed by atoms with Crippen LogP contribution in [0.2, 0.25) is 0 Å². The van der Waals surface area contributed by atoms with Crippen LogP contribution < -0.4 is 4.74 Å². The molecule has 1 rings (SSSR count). The molecule has 1 aromatic rings. The normalized spacial score (nSPS) is 11.1. The quantitative estimate of drug-likeness (QED) is 0.444. The third-order valence-corrected chi connectivity index (χ3v) is 2.45. The first-order chi connectivity index (χ1) is 8.43. The van der Waals surface area contributed by atoms with Crippen LogP contribution >= 0.6 is 15.9 Å². The number of benzene rings is 1. The zero-order chi connectivity index (χ0) is 13.7. The zero-order valence-electron chi connectivity index (χ0n) is 9.01. The average Bonchev–Trinajstić information content (AvgIpc) is 2.27. The van der Waals surface area contributed by atoms with Gasteiger partial charge in [-0.2, -0.15) is 8.78 Å². The van der Waals surface area contributed by atoms with Crippen LogP contribution in [-0.2, 0) is 0 Å². The van der Waals surface area contributed by atoms with Gasteiger partial charge in [0.15, 0.2) is 5.78 Å². The SMILES string of the molecule is O=C(CCBr)c1cc(OC(F)F)cc(C(F)F)c1. The van der Waals surface area contributed by atoms with E-state index in [1.807, 2.05) is 0 Å². The van der Waals surface area contributed by atoms with E-state index >= 15 is 0 Å². The topological polar surface area (TPSA) is 26.3 Å². The molecule has 0 amide bonds. The Morgan fingerprint density at radius 1 is 1.22 bits per heavy atom.